The number of hydrogen-bond donors (Lipinski definition) is 1. The minimum Gasteiger partial charge on any atom is -0.491 e. The number of nitrogens with one attached hydrogen (secondary N) is 1. The fourth-order valence-corrected chi connectivity index (χ4v) is 2.56. The minimum absolute atomic E-state index is 0. The van der Waals surface area contributed by atoms with Crippen molar-refractivity contribution >= 4 is 18.5 Å². The molecule has 0 aromatic heterocycles. The molecular formula is C16H23ClF2N2O3. The molecule has 2 rings (SSSR count). The first-order valence-corrected chi connectivity index (χ1v) is 7.82. The van der Waals surface area contributed by atoms with E-state index in [1.165, 1.54) is 6.07 Å². The summed E-state index contributed by atoms with van der Waals surface area (Å²) in [5.41, 5.74) is -0.299. The predicted molar refractivity (Wildman–Crippen MR) is 88.6 cm³/mol. The molecule has 1 aliphatic heterocycles. The largest absolute Gasteiger partial charge is 0.491 e. The highest BCUT2D eigenvalue weighted by Gasteiger charge is 2.27. The second kappa shape index (κ2) is 9.64. The molecule has 0 unspecified atom stereocenters. The fraction of sp³-hybridized carbons (Fsp3) is 0.562. The monoisotopic (exact) mass is 364 g/mol. The normalized spacial score (nSPS) is 17.2. The van der Waals surface area contributed by atoms with Crippen LogP contribution in [0.25, 0.3) is 0 Å². The van der Waals surface area contributed by atoms with E-state index < -0.39 is 24.3 Å². The van der Waals surface area contributed by atoms with Gasteiger partial charge in [-0.15, -0.1) is 12.4 Å². The van der Waals surface area contributed by atoms with E-state index in [2.05, 4.69) is 5.32 Å². The van der Waals surface area contributed by atoms with Gasteiger partial charge in [-0.25, -0.2) is 13.6 Å². The van der Waals surface area contributed by atoms with Crippen molar-refractivity contribution in [3.05, 3.63) is 29.3 Å². The lowest BCUT2D eigenvalue weighted by atomic mass is 10.1. The first kappa shape index (κ1) is 20.4. The van der Waals surface area contributed by atoms with Crippen molar-refractivity contribution in [2.45, 2.75) is 32.9 Å². The summed E-state index contributed by atoms with van der Waals surface area (Å²) < 4.78 is 38.2. The molecule has 1 saturated heterocycles. The van der Waals surface area contributed by atoms with Crippen LogP contribution in [0.1, 0.15) is 25.8 Å². The van der Waals surface area contributed by atoms with Crippen LogP contribution in [0.3, 0.4) is 0 Å². The highest BCUT2D eigenvalue weighted by Crippen LogP contribution is 2.24. The summed E-state index contributed by atoms with van der Waals surface area (Å²) in [5, 5.41) is 3.20. The highest BCUT2D eigenvalue weighted by atomic mass is 35.5. The van der Waals surface area contributed by atoms with Crippen LogP contribution < -0.4 is 10.1 Å². The Bertz CT molecular complexity index is 560. The molecular weight excluding hydrogens is 342 g/mol. The van der Waals surface area contributed by atoms with Crippen molar-refractivity contribution in [1.29, 1.82) is 0 Å². The number of benzene rings is 1. The molecule has 0 radical (unpaired) electrons. The number of carbonyl (C=O) groups is 1. The predicted octanol–water partition coefficient (Wildman–Crippen LogP) is 3.11. The van der Waals surface area contributed by atoms with Crippen molar-refractivity contribution in [2.24, 2.45) is 0 Å². The van der Waals surface area contributed by atoms with Crippen molar-refractivity contribution in [3.63, 3.8) is 0 Å². The summed E-state index contributed by atoms with van der Waals surface area (Å²) in [6.45, 7) is 5.36. The van der Waals surface area contributed by atoms with Gasteiger partial charge in [0.1, 0.15) is 12.4 Å². The molecule has 1 heterocycles. The lowest BCUT2D eigenvalue weighted by Gasteiger charge is -2.34. The number of ether oxygens (including phenoxy) is 2. The molecule has 1 amide bonds. The maximum atomic E-state index is 14.2. The van der Waals surface area contributed by atoms with Gasteiger partial charge in [-0.3, -0.25) is 0 Å². The number of carbonyl (C=O) groups excluding carboxylic acids is 1. The van der Waals surface area contributed by atoms with Gasteiger partial charge in [0, 0.05) is 25.7 Å². The maximum Gasteiger partial charge on any atom is 0.410 e. The molecule has 0 bridgehead atoms. The number of piperazine rings is 1. The van der Waals surface area contributed by atoms with E-state index in [0.29, 0.717) is 19.6 Å². The Labute approximate surface area is 146 Å². The first-order chi connectivity index (χ1) is 11.1. The Morgan fingerprint density at radius 2 is 2.12 bits per heavy atom. The van der Waals surface area contributed by atoms with Gasteiger partial charge in [-0.2, -0.15) is 0 Å². The third-order valence-corrected chi connectivity index (χ3v) is 3.85. The third kappa shape index (κ3) is 4.70. The summed E-state index contributed by atoms with van der Waals surface area (Å²) in [6.07, 6.45) is 0.226. The number of rotatable bonds is 5. The van der Waals surface area contributed by atoms with Crippen LogP contribution in [0, 0.1) is 11.6 Å². The standard InChI is InChI=1S/C16H22F2N2O3.ClH/c1-3-11-9-19-7-8-20(11)16(21)23-10-12-13(17)5-6-14(15(12)18)22-4-2;/h5-6,11,19H,3-4,7-10H2,1-2H3;1H/t11-;/m1./s1. The number of halogens is 3. The summed E-state index contributed by atoms with van der Waals surface area (Å²) in [4.78, 5) is 13.8. The molecule has 5 nitrogen and oxygen atoms in total. The molecule has 1 aromatic rings. The van der Waals surface area contributed by atoms with Gasteiger partial charge in [0.15, 0.2) is 11.6 Å². The molecule has 0 saturated carbocycles. The minimum atomic E-state index is -0.827. The fourth-order valence-electron chi connectivity index (χ4n) is 2.56. The third-order valence-electron chi connectivity index (χ3n) is 3.85. The van der Waals surface area contributed by atoms with E-state index in [1.807, 2.05) is 6.92 Å². The molecule has 0 aliphatic carbocycles. The van der Waals surface area contributed by atoms with Gasteiger partial charge in [-0.1, -0.05) is 6.92 Å². The van der Waals surface area contributed by atoms with Gasteiger partial charge in [-0.05, 0) is 25.5 Å². The van der Waals surface area contributed by atoms with Crippen LogP contribution in [0.15, 0.2) is 12.1 Å². The van der Waals surface area contributed by atoms with Crippen LogP contribution in [0.5, 0.6) is 5.75 Å². The van der Waals surface area contributed by atoms with Crippen molar-refractivity contribution in [2.75, 3.05) is 26.2 Å². The lowest BCUT2D eigenvalue weighted by molar-refractivity contribution is 0.0697. The Balaban J connectivity index is 0.00000288. The molecule has 24 heavy (non-hydrogen) atoms. The second-order valence-corrected chi connectivity index (χ2v) is 5.29. The summed E-state index contributed by atoms with van der Waals surface area (Å²) in [6, 6.07) is 2.36. The van der Waals surface area contributed by atoms with E-state index in [4.69, 9.17) is 9.47 Å². The molecule has 0 spiro atoms. The van der Waals surface area contributed by atoms with Gasteiger partial charge in [0.05, 0.1) is 12.2 Å². The molecule has 1 aliphatic rings. The molecule has 1 N–H and O–H groups in total. The zero-order valence-electron chi connectivity index (χ0n) is 13.8. The van der Waals surface area contributed by atoms with E-state index in [-0.39, 0.29) is 36.4 Å². The summed E-state index contributed by atoms with van der Waals surface area (Å²) >= 11 is 0. The van der Waals surface area contributed by atoms with E-state index in [0.717, 1.165) is 12.5 Å². The zero-order valence-corrected chi connectivity index (χ0v) is 14.6. The van der Waals surface area contributed by atoms with Crippen molar-refractivity contribution in [3.8, 4) is 5.75 Å². The average molecular weight is 365 g/mol. The van der Waals surface area contributed by atoms with E-state index >= 15 is 0 Å². The topological polar surface area (TPSA) is 50.8 Å². The average Bonchev–Trinajstić information content (AvgIpc) is 2.57. The van der Waals surface area contributed by atoms with Crippen molar-refractivity contribution in [1.82, 2.24) is 10.2 Å². The molecule has 1 aromatic carbocycles. The van der Waals surface area contributed by atoms with Crippen molar-refractivity contribution < 1.29 is 23.0 Å². The molecule has 1 fully saturated rings. The first-order valence-electron chi connectivity index (χ1n) is 7.82. The van der Waals surface area contributed by atoms with Crippen LogP contribution in [0.2, 0.25) is 0 Å². The van der Waals surface area contributed by atoms with Crippen LogP contribution in [-0.2, 0) is 11.3 Å². The Morgan fingerprint density at radius 3 is 2.79 bits per heavy atom. The SMILES string of the molecule is CCOc1ccc(F)c(COC(=O)N2CCNC[C@H]2CC)c1F.Cl. The Kier molecular flexibility index (Phi) is 8.21. The highest BCUT2D eigenvalue weighted by molar-refractivity contribution is 5.85. The smallest absolute Gasteiger partial charge is 0.410 e. The van der Waals surface area contributed by atoms with Gasteiger partial charge >= 0.3 is 6.09 Å². The van der Waals surface area contributed by atoms with Crippen LogP contribution in [0.4, 0.5) is 13.6 Å². The van der Waals surface area contributed by atoms with E-state index in [9.17, 15) is 13.6 Å². The Hall–Kier alpha value is -1.60. The summed E-state index contributed by atoms with van der Waals surface area (Å²) in [5.74, 6) is -1.63. The second-order valence-electron chi connectivity index (χ2n) is 5.29. The zero-order chi connectivity index (χ0) is 16.8. The quantitative estimate of drug-likeness (QED) is 0.872. The number of hydrogen-bond acceptors (Lipinski definition) is 4. The summed E-state index contributed by atoms with van der Waals surface area (Å²) in [7, 11) is 0. The van der Waals surface area contributed by atoms with Crippen LogP contribution >= 0.6 is 12.4 Å². The van der Waals surface area contributed by atoms with Gasteiger partial charge in [0.2, 0.25) is 0 Å². The number of nitrogens with zero attached hydrogens (tertiary/aromatic N) is 1. The maximum absolute atomic E-state index is 14.2. The van der Waals surface area contributed by atoms with Gasteiger partial charge < -0.3 is 19.7 Å². The van der Waals surface area contributed by atoms with Crippen LogP contribution in [-0.4, -0.2) is 43.3 Å². The van der Waals surface area contributed by atoms with E-state index in [1.54, 1.807) is 11.8 Å². The van der Waals surface area contributed by atoms with Gasteiger partial charge in [0.25, 0.3) is 0 Å². The molecule has 136 valence electrons. The number of amides is 1. The molecule has 1 atom stereocenters. The molecule has 8 heteroatoms. The lowest BCUT2D eigenvalue weighted by Crippen LogP contribution is -2.53. The Morgan fingerprint density at radius 1 is 1.38 bits per heavy atom.